The Morgan fingerprint density at radius 1 is 1.12 bits per heavy atom. The van der Waals surface area contributed by atoms with Crippen molar-refractivity contribution in [3.8, 4) is 0 Å². The van der Waals surface area contributed by atoms with Crippen molar-refractivity contribution < 1.29 is 10.2 Å². The van der Waals surface area contributed by atoms with Crippen LogP contribution in [0.4, 0.5) is 0 Å². The van der Waals surface area contributed by atoms with Crippen LogP contribution >= 0.6 is 0 Å². The first-order valence-corrected chi connectivity index (χ1v) is 6.71. The molecule has 0 aromatic rings. The van der Waals surface area contributed by atoms with Gasteiger partial charge in [0, 0.05) is 12.5 Å². The van der Waals surface area contributed by atoms with Crippen molar-refractivity contribution in [2.45, 2.75) is 59.0 Å². The van der Waals surface area contributed by atoms with E-state index in [0.29, 0.717) is 11.3 Å². The van der Waals surface area contributed by atoms with Gasteiger partial charge in [-0.25, -0.2) is 0 Å². The zero-order chi connectivity index (χ0) is 12.0. The molecule has 16 heavy (non-hydrogen) atoms. The summed E-state index contributed by atoms with van der Waals surface area (Å²) in [6.07, 6.45) is 5.41. The van der Waals surface area contributed by atoms with Crippen molar-refractivity contribution >= 4 is 0 Å². The summed E-state index contributed by atoms with van der Waals surface area (Å²) in [7, 11) is 0. The molecule has 2 aliphatic rings. The molecule has 0 amide bonds. The molecule has 2 saturated carbocycles. The van der Waals surface area contributed by atoms with Crippen LogP contribution in [0.3, 0.4) is 0 Å². The van der Waals surface area contributed by atoms with Gasteiger partial charge in [-0.05, 0) is 42.4 Å². The van der Waals surface area contributed by atoms with Crippen LogP contribution < -0.4 is 0 Å². The first kappa shape index (κ1) is 12.4. The minimum absolute atomic E-state index is 0.0887. The summed E-state index contributed by atoms with van der Waals surface area (Å²) in [6.45, 7) is 7.16. The highest BCUT2D eigenvalue weighted by molar-refractivity contribution is 5.03. The monoisotopic (exact) mass is 226 g/mol. The van der Waals surface area contributed by atoms with Crippen molar-refractivity contribution in [3.63, 3.8) is 0 Å². The van der Waals surface area contributed by atoms with E-state index in [2.05, 4.69) is 20.8 Å². The standard InChI is InChI=1S/C14H26O2/c1-13(2)7-4-8-14(3)10(9-15)11(16)5-6-12(13)14/h10-12,15-16H,4-9H2,1-3H3/t10-,11-,12?,14+/m0/s1. The molecule has 4 atom stereocenters. The molecule has 2 rings (SSSR count). The highest BCUT2D eigenvalue weighted by atomic mass is 16.3. The highest BCUT2D eigenvalue weighted by Crippen LogP contribution is 2.59. The Kier molecular flexibility index (Phi) is 3.09. The molecule has 2 heteroatoms. The van der Waals surface area contributed by atoms with Gasteiger partial charge >= 0.3 is 0 Å². The lowest BCUT2D eigenvalue weighted by molar-refractivity contribution is -0.136. The number of hydrogen-bond acceptors (Lipinski definition) is 2. The molecule has 2 aliphatic carbocycles. The zero-order valence-electron chi connectivity index (χ0n) is 10.9. The molecule has 0 bridgehead atoms. The fourth-order valence-corrected chi connectivity index (χ4v) is 4.64. The van der Waals surface area contributed by atoms with Crippen LogP contribution in [0, 0.1) is 22.7 Å². The number of rotatable bonds is 1. The summed E-state index contributed by atoms with van der Waals surface area (Å²) in [6, 6.07) is 0. The molecule has 1 unspecified atom stereocenters. The Labute approximate surface area is 99.1 Å². The average Bonchev–Trinajstić information content (AvgIpc) is 2.15. The second-order valence-electron chi connectivity index (χ2n) is 6.83. The van der Waals surface area contributed by atoms with Crippen LogP contribution in [0.2, 0.25) is 0 Å². The number of hydrogen-bond donors (Lipinski definition) is 2. The summed E-state index contributed by atoms with van der Waals surface area (Å²) in [5, 5.41) is 19.7. The maximum Gasteiger partial charge on any atom is 0.0595 e. The van der Waals surface area contributed by atoms with Gasteiger partial charge in [0.15, 0.2) is 0 Å². The lowest BCUT2D eigenvalue weighted by Crippen LogP contribution is -2.54. The van der Waals surface area contributed by atoms with E-state index in [4.69, 9.17) is 0 Å². The molecular formula is C14H26O2. The first-order chi connectivity index (χ1) is 7.42. The molecule has 94 valence electrons. The van der Waals surface area contributed by atoms with Gasteiger partial charge in [0.1, 0.15) is 0 Å². The average molecular weight is 226 g/mol. The molecular weight excluding hydrogens is 200 g/mol. The maximum atomic E-state index is 10.1. The van der Waals surface area contributed by atoms with E-state index < -0.39 is 0 Å². The molecule has 0 heterocycles. The van der Waals surface area contributed by atoms with E-state index >= 15 is 0 Å². The summed E-state index contributed by atoms with van der Waals surface area (Å²) in [5.41, 5.74) is 0.523. The second kappa shape index (κ2) is 3.99. The zero-order valence-corrected chi connectivity index (χ0v) is 10.9. The van der Waals surface area contributed by atoms with E-state index in [1.165, 1.54) is 19.3 Å². The van der Waals surface area contributed by atoms with Crippen LogP contribution in [0.25, 0.3) is 0 Å². The van der Waals surface area contributed by atoms with Crippen LogP contribution in [0.1, 0.15) is 52.9 Å². The summed E-state index contributed by atoms with van der Waals surface area (Å²) in [5.74, 6) is 0.750. The van der Waals surface area contributed by atoms with Crippen molar-refractivity contribution in [2.24, 2.45) is 22.7 Å². The molecule has 2 fully saturated rings. The topological polar surface area (TPSA) is 40.5 Å². The van der Waals surface area contributed by atoms with Crippen molar-refractivity contribution in [1.29, 1.82) is 0 Å². The van der Waals surface area contributed by atoms with Gasteiger partial charge in [-0.2, -0.15) is 0 Å². The Balaban J connectivity index is 2.31. The molecule has 0 aromatic carbocycles. The first-order valence-electron chi connectivity index (χ1n) is 6.71. The fraction of sp³-hybridized carbons (Fsp3) is 1.00. The quantitative estimate of drug-likeness (QED) is 0.721. The Hall–Kier alpha value is -0.0800. The maximum absolute atomic E-state index is 10.1. The van der Waals surface area contributed by atoms with Gasteiger partial charge in [-0.15, -0.1) is 0 Å². The number of aliphatic hydroxyl groups is 2. The van der Waals surface area contributed by atoms with E-state index in [-0.39, 0.29) is 24.0 Å². The van der Waals surface area contributed by atoms with Crippen LogP contribution in [-0.2, 0) is 0 Å². The predicted molar refractivity (Wildman–Crippen MR) is 65.0 cm³/mol. The van der Waals surface area contributed by atoms with E-state index in [9.17, 15) is 10.2 Å². The van der Waals surface area contributed by atoms with Gasteiger partial charge in [-0.3, -0.25) is 0 Å². The molecule has 0 aromatic heterocycles. The van der Waals surface area contributed by atoms with E-state index in [0.717, 1.165) is 12.8 Å². The predicted octanol–water partition coefficient (Wildman–Crippen LogP) is 2.58. The lowest BCUT2D eigenvalue weighted by atomic mass is 9.48. The molecule has 0 aliphatic heterocycles. The SMILES string of the molecule is CC1(C)CCC[C@@]2(C)C1CC[C@H](O)[C@@H]2CO. The second-order valence-corrected chi connectivity index (χ2v) is 6.83. The smallest absolute Gasteiger partial charge is 0.0595 e. The van der Waals surface area contributed by atoms with Gasteiger partial charge in [0.2, 0.25) is 0 Å². The molecule has 0 spiro atoms. The Bertz CT molecular complexity index is 261. The minimum Gasteiger partial charge on any atom is -0.396 e. The number of fused-ring (bicyclic) bond motifs is 1. The van der Waals surface area contributed by atoms with Crippen molar-refractivity contribution in [2.75, 3.05) is 6.61 Å². The van der Waals surface area contributed by atoms with Crippen molar-refractivity contribution in [1.82, 2.24) is 0 Å². The van der Waals surface area contributed by atoms with Crippen LogP contribution in [0.5, 0.6) is 0 Å². The van der Waals surface area contributed by atoms with Gasteiger partial charge in [0.25, 0.3) is 0 Å². The van der Waals surface area contributed by atoms with Crippen LogP contribution in [0.15, 0.2) is 0 Å². The Morgan fingerprint density at radius 3 is 2.44 bits per heavy atom. The third-order valence-corrected chi connectivity index (χ3v) is 5.54. The Morgan fingerprint density at radius 2 is 1.81 bits per heavy atom. The molecule has 0 saturated heterocycles. The summed E-state index contributed by atoms with van der Waals surface area (Å²) in [4.78, 5) is 0. The molecule has 0 radical (unpaired) electrons. The largest absolute Gasteiger partial charge is 0.396 e. The van der Waals surface area contributed by atoms with Gasteiger partial charge in [-0.1, -0.05) is 27.2 Å². The van der Waals surface area contributed by atoms with Crippen molar-refractivity contribution in [3.05, 3.63) is 0 Å². The molecule has 2 N–H and O–H groups in total. The lowest BCUT2D eigenvalue weighted by Gasteiger charge is -2.58. The van der Waals surface area contributed by atoms with Gasteiger partial charge in [0.05, 0.1) is 6.10 Å². The van der Waals surface area contributed by atoms with Gasteiger partial charge < -0.3 is 10.2 Å². The minimum atomic E-state index is -0.292. The van der Waals surface area contributed by atoms with E-state index in [1.54, 1.807) is 0 Å². The fourth-order valence-electron chi connectivity index (χ4n) is 4.64. The molecule has 2 nitrogen and oxygen atoms in total. The number of aliphatic hydroxyl groups excluding tert-OH is 2. The summed E-state index contributed by atoms with van der Waals surface area (Å²) < 4.78 is 0. The highest BCUT2D eigenvalue weighted by Gasteiger charge is 2.54. The van der Waals surface area contributed by atoms with E-state index in [1.807, 2.05) is 0 Å². The summed E-state index contributed by atoms with van der Waals surface area (Å²) >= 11 is 0. The third-order valence-electron chi connectivity index (χ3n) is 5.54. The van der Waals surface area contributed by atoms with Crippen LogP contribution in [-0.4, -0.2) is 22.9 Å². The normalized spacial score (nSPS) is 47.4. The third kappa shape index (κ3) is 1.70.